The van der Waals surface area contributed by atoms with E-state index < -0.39 is 0 Å². The first kappa shape index (κ1) is 13.7. The van der Waals surface area contributed by atoms with Gasteiger partial charge in [-0.3, -0.25) is 0 Å². The number of aromatic nitrogens is 3. The maximum absolute atomic E-state index is 5.75. The lowest BCUT2D eigenvalue weighted by Crippen LogP contribution is -2.07. The lowest BCUT2D eigenvalue weighted by Gasteiger charge is -2.09. The van der Waals surface area contributed by atoms with Crippen molar-refractivity contribution < 1.29 is 4.74 Å². The fourth-order valence-electron chi connectivity index (χ4n) is 1.61. The molecular weight excluding hydrogens is 260 g/mol. The molecule has 0 saturated carbocycles. The van der Waals surface area contributed by atoms with Crippen molar-refractivity contribution in [3.05, 3.63) is 28.0 Å². The Labute approximate surface area is 116 Å². The minimum Gasteiger partial charge on any atom is -0.477 e. The van der Waals surface area contributed by atoms with E-state index in [-0.39, 0.29) is 5.92 Å². The quantitative estimate of drug-likeness (QED) is 0.910. The number of nitrogens with two attached hydrogens (primary N) is 1. The Hall–Kier alpha value is -1.69. The van der Waals surface area contributed by atoms with Crippen molar-refractivity contribution in [3.8, 4) is 5.88 Å². The molecule has 0 aromatic carbocycles. The Morgan fingerprint density at radius 1 is 1.37 bits per heavy atom. The molecule has 0 aliphatic carbocycles. The van der Waals surface area contributed by atoms with Crippen molar-refractivity contribution in [1.29, 1.82) is 0 Å². The molecular formula is C13H18N4OS. The van der Waals surface area contributed by atoms with Crippen molar-refractivity contribution >= 4 is 17.2 Å². The number of nitrogens with zero attached hydrogens (tertiary/aromatic N) is 3. The zero-order valence-corrected chi connectivity index (χ0v) is 12.2. The normalized spacial score (nSPS) is 10.9. The zero-order chi connectivity index (χ0) is 13.8. The number of thiazole rings is 1. The highest BCUT2D eigenvalue weighted by atomic mass is 32.1. The summed E-state index contributed by atoms with van der Waals surface area (Å²) in [4.78, 5) is 14.0. The summed E-state index contributed by atoms with van der Waals surface area (Å²) >= 11 is 1.65. The second-order valence-corrected chi connectivity index (χ2v) is 5.54. The molecule has 2 rings (SSSR count). The molecule has 0 atom stereocenters. The van der Waals surface area contributed by atoms with Crippen LogP contribution in [0.25, 0.3) is 0 Å². The van der Waals surface area contributed by atoms with E-state index in [1.54, 1.807) is 17.4 Å². The lowest BCUT2D eigenvalue weighted by molar-refractivity contribution is 0.308. The van der Waals surface area contributed by atoms with Gasteiger partial charge in [0.15, 0.2) is 0 Å². The molecule has 102 valence electrons. The number of aryl methyl sites for hydroxylation is 1. The molecule has 2 aromatic heterocycles. The predicted octanol–water partition coefficient (Wildman–Crippen LogP) is 2.57. The summed E-state index contributed by atoms with van der Waals surface area (Å²) in [5.41, 5.74) is 8.67. The van der Waals surface area contributed by atoms with Crippen molar-refractivity contribution in [2.24, 2.45) is 0 Å². The second kappa shape index (κ2) is 5.97. The molecule has 2 N–H and O–H groups in total. The Morgan fingerprint density at radius 3 is 2.79 bits per heavy atom. The first-order valence-electron chi connectivity index (χ1n) is 6.22. The van der Waals surface area contributed by atoms with Crippen LogP contribution in [0.15, 0.2) is 11.6 Å². The summed E-state index contributed by atoms with van der Waals surface area (Å²) in [5.74, 6) is 1.93. The molecule has 0 aliphatic rings. The summed E-state index contributed by atoms with van der Waals surface area (Å²) in [6, 6.07) is 1.66. The number of ether oxygens (including phenoxy) is 1. The minimum atomic E-state index is 0.231. The van der Waals surface area contributed by atoms with Crippen LogP contribution < -0.4 is 10.5 Å². The van der Waals surface area contributed by atoms with Crippen molar-refractivity contribution in [1.82, 2.24) is 15.0 Å². The van der Waals surface area contributed by atoms with E-state index in [1.807, 2.05) is 26.3 Å². The highest BCUT2D eigenvalue weighted by Gasteiger charge is 2.08. The topological polar surface area (TPSA) is 73.9 Å². The van der Waals surface area contributed by atoms with Gasteiger partial charge in [0.2, 0.25) is 5.88 Å². The molecule has 0 bridgehead atoms. The highest BCUT2D eigenvalue weighted by Crippen LogP contribution is 2.18. The van der Waals surface area contributed by atoms with Crippen LogP contribution in [0.1, 0.15) is 36.2 Å². The largest absolute Gasteiger partial charge is 0.477 e. The first-order valence-corrected chi connectivity index (χ1v) is 7.10. The Morgan fingerprint density at radius 2 is 2.16 bits per heavy atom. The van der Waals surface area contributed by atoms with Crippen LogP contribution in [0, 0.1) is 6.92 Å². The second-order valence-electron chi connectivity index (χ2n) is 4.60. The minimum absolute atomic E-state index is 0.231. The molecule has 0 fully saturated rings. The summed E-state index contributed by atoms with van der Waals surface area (Å²) in [6.07, 6.45) is 0.831. The van der Waals surface area contributed by atoms with Crippen LogP contribution in [-0.2, 0) is 6.42 Å². The van der Waals surface area contributed by atoms with Crippen LogP contribution >= 0.6 is 11.3 Å². The average Bonchev–Trinajstić information content (AvgIpc) is 2.74. The number of anilines is 1. The molecule has 2 aromatic rings. The molecule has 0 radical (unpaired) electrons. The average molecular weight is 278 g/mol. The third-order valence-corrected chi connectivity index (χ3v) is 3.67. The van der Waals surface area contributed by atoms with Gasteiger partial charge >= 0.3 is 0 Å². The molecule has 19 heavy (non-hydrogen) atoms. The fourth-order valence-corrected chi connectivity index (χ4v) is 2.37. The van der Waals surface area contributed by atoms with Gasteiger partial charge in [-0.2, -0.15) is 4.98 Å². The van der Waals surface area contributed by atoms with Crippen LogP contribution in [0.4, 0.5) is 5.82 Å². The van der Waals surface area contributed by atoms with Gasteiger partial charge in [0.05, 0.1) is 17.8 Å². The molecule has 5 nitrogen and oxygen atoms in total. The third kappa shape index (κ3) is 3.64. The van der Waals surface area contributed by atoms with Crippen LogP contribution in [0.5, 0.6) is 5.88 Å². The van der Waals surface area contributed by atoms with Gasteiger partial charge < -0.3 is 10.5 Å². The van der Waals surface area contributed by atoms with Crippen molar-refractivity contribution in [2.45, 2.75) is 33.1 Å². The summed E-state index contributed by atoms with van der Waals surface area (Å²) in [5, 5.41) is 0. The predicted molar refractivity (Wildman–Crippen MR) is 76.6 cm³/mol. The van der Waals surface area contributed by atoms with E-state index in [9.17, 15) is 0 Å². The molecule has 0 aliphatic heterocycles. The van der Waals surface area contributed by atoms with E-state index in [1.165, 1.54) is 4.88 Å². The van der Waals surface area contributed by atoms with Gasteiger partial charge in [-0.05, 0) is 6.92 Å². The maximum Gasteiger partial charge on any atom is 0.218 e. The Balaban J connectivity index is 1.98. The highest BCUT2D eigenvalue weighted by molar-refractivity contribution is 7.09. The van der Waals surface area contributed by atoms with E-state index in [4.69, 9.17) is 10.5 Å². The molecule has 0 saturated heterocycles. The number of rotatable bonds is 5. The van der Waals surface area contributed by atoms with Crippen molar-refractivity contribution in [2.75, 3.05) is 12.3 Å². The van der Waals surface area contributed by atoms with E-state index in [2.05, 4.69) is 15.0 Å². The monoisotopic (exact) mass is 278 g/mol. The van der Waals surface area contributed by atoms with E-state index in [0.29, 0.717) is 24.1 Å². The first-order chi connectivity index (χ1) is 9.06. The van der Waals surface area contributed by atoms with Crippen LogP contribution in [-0.4, -0.2) is 21.6 Å². The van der Waals surface area contributed by atoms with Crippen LogP contribution in [0.3, 0.4) is 0 Å². The van der Waals surface area contributed by atoms with Gasteiger partial charge in [0.25, 0.3) is 0 Å². The zero-order valence-electron chi connectivity index (χ0n) is 11.4. The molecule has 2 heterocycles. The number of hydrogen-bond acceptors (Lipinski definition) is 6. The third-order valence-electron chi connectivity index (χ3n) is 2.68. The SMILES string of the molecule is Cc1ncsc1CCOc1cc(N)nc(C(C)C)n1. The molecule has 0 spiro atoms. The van der Waals surface area contributed by atoms with Crippen molar-refractivity contribution in [3.63, 3.8) is 0 Å². The van der Waals surface area contributed by atoms with E-state index in [0.717, 1.165) is 12.1 Å². The number of nitrogen functional groups attached to an aromatic ring is 1. The summed E-state index contributed by atoms with van der Waals surface area (Å²) in [6.45, 7) is 6.63. The van der Waals surface area contributed by atoms with Gasteiger partial charge in [-0.1, -0.05) is 13.8 Å². The van der Waals surface area contributed by atoms with E-state index >= 15 is 0 Å². The standard InChI is InChI=1S/C13H18N4OS/c1-8(2)13-16-11(14)6-12(17-13)18-5-4-10-9(3)15-7-19-10/h6-8H,4-5H2,1-3H3,(H2,14,16,17). The molecule has 0 unspecified atom stereocenters. The Bertz CT molecular complexity index is 553. The summed E-state index contributed by atoms with van der Waals surface area (Å²) in [7, 11) is 0. The fraction of sp³-hybridized carbons (Fsp3) is 0.462. The molecule has 0 amide bonds. The summed E-state index contributed by atoms with van der Waals surface area (Å²) < 4.78 is 5.65. The lowest BCUT2D eigenvalue weighted by atomic mass is 10.2. The van der Waals surface area contributed by atoms with Gasteiger partial charge in [0.1, 0.15) is 11.6 Å². The van der Waals surface area contributed by atoms with Crippen LogP contribution in [0.2, 0.25) is 0 Å². The van der Waals surface area contributed by atoms with Gasteiger partial charge in [-0.15, -0.1) is 11.3 Å². The van der Waals surface area contributed by atoms with Gasteiger partial charge in [0, 0.05) is 23.3 Å². The number of hydrogen-bond donors (Lipinski definition) is 1. The molecule has 6 heteroatoms. The van der Waals surface area contributed by atoms with Gasteiger partial charge in [-0.25, -0.2) is 9.97 Å². The maximum atomic E-state index is 5.75. The smallest absolute Gasteiger partial charge is 0.218 e. The Kier molecular flexibility index (Phi) is 4.31.